The van der Waals surface area contributed by atoms with Gasteiger partial charge in [0.2, 0.25) is 10.0 Å². The Morgan fingerprint density at radius 1 is 1.57 bits per heavy atom. The monoisotopic (exact) mass is 413 g/mol. The number of nitrogens with one attached hydrogen (secondary N) is 1. The van der Waals surface area contributed by atoms with Gasteiger partial charge in [-0.05, 0) is 47.0 Å². The van der Waals surface area contributed by atoms with E-state index in [0.717, 1.165) is 36.4 Å². The second kappa shape index (κ2) is 6.99. The molecule has 0 spiro atoms. The average Bonchev–Trinajstić information content (AvgIpc) is 2.96. The molecule has 2 rings (SSSR count). The molecule has 21 heavy (non-hydrogen) atoms. The van der Waals surface area contributed by atoms with Crippen LogP contribution in [-0.4, -0.2) is 36.5 Å². The molecular formula is C12H16BrNO4S3. The summed E-state index contributed by atoms with van der Waals surface area (Å²) in [5, 5.41) is 9.44. The molecule has 1 fully saturated rings. The molecule has 1 aromatic heterocycles. The molecule has 1 aliphatic carbocycles. The Morgan fingerprint density at radius 2 is 2.29 bits per heavy atom. The van der Waals surface area contributed by atoms with Gasteiger partial charge in [0.25, 0.3) is 0 Å². The van der Waals surface area contributed by atoms with Gasteiger partial charge in [-0.3, -0.25) is 0 Å². The molecule has 0 saturated heterocycles. The number of halogens is 1. The first-order valence-corrected chi connectivity index (χ1v) is 10.6. The van der Waals surface area contributed by atoms with Crippen LogP contribution in [0.3, 0.4) is 0 Å². The van der Waals surface area contributed by atoms with Crippen LogP contribution in [0.25, 0.3) is 0 Å². The number of sulfonamides is 1. The zero-order valence-corrected chi connectivity index (χ0v) is 15.4. The van der Waals surface area contributed by atoms with Crippen molar-refractivity contribution in [2.45, 2.75) is 42.4 Å². The number of carboxylic acid groups (broad SMARTS) is 1. The summed E-state index contributed by atoms with van der Waals surface area (Å²) < 4.78 is 27.8. The van der Waals surface area contributed by atoms with Crippen molar-refractivity contribution in [3.05, 3.63) is 14.7 Å². The zero-order valence-electron chi connectivity index (χ0n) is 11.3. The summed E-state index contributed by atoms with van der Waals surface area (Å²) in [7, 11) is -3.68. The lowest BCUT2D eigenvalue weighted by molar-refractivity contribution is 0.0702. The number of aromatic carboxylic acids is 1. The average molecular weight is 414 g/mol. The molecule has 1 heterocycles. The van der Waals surface area contributed by atoms with Crippen LogP contribution in [0, 0.1) is 0 Å². The fraction of sp³-hybridized carbons (Fsp3) is 0.583. The predicted octanol–water partition coefficient (Wildman–Crippen LogP) is 3.16. The van der Waals surface area contributed by atoms with Crippen molar-refractivity contribution in [2.24, 2.45) is 0 Å². The molecule has 1 aliphatic rings. The molecule has 0 amide bonds. The van der Waals surface area contributed by atoms with Gasteiger partial charge in [0.1, 0.15) is 9.77 Å². The van der Waals surface area contributed by atoms with Crippen LogP contribution in [0.1, 0.15) is 35.9 Å². The third-order valence-corrected chi connectivity index (χ3v) is 8.26. The maximum absolute atomic E-state index is 12.4. The van der Waals surface area contributed by atoms with Crippen LogP contribution in [0.4, 0.5) is 0 Å². The van der Waals surface area contributed by atoms with E-state index in [1.807, 2.05) is 11.8 Å². The Morgan fingerprint density at radius 3 is 2.86 bits per heavy atom. The molecule has 0 aliphatic heterocycles. The summed E-state index contributed by atoms with van der Waals surface area (Å²) in [6, 6.07) is 1.13. The number of hydrogen-bond acceptors (Lipinski definition) is 5. The lowest BCUT2D eigenvalue weighted by atomic mass is 10.3. The molecule has 0 bridgehead atoms. The number of thioether (sulfide) groups is 1. The topological polar surface area (TPSA) is 83.5 Å². The first-order valence-electron chi connectivity index (χ1n) is 6.50. The van der Waals surface area contributed by atoms with Crippen LogP contribution in [0.2, 0.25) is 0 Å². The van der Waals surface area contributed by atoms with E-state index in [1.165, 1.54) is 6.07 Å². The summed E-state index contributed by atoms with van der Waals surface area (Å²) >= 11 is 5.90. The number of carbonyl (C=O) groups is 1. The summed E-state index contributed by atoms with van der Waals surface area (Å²) in [6.45, 7) is 2.10. The summed E-state index contributed by atoms with van der Waals surface area (Å²) in [5.74, 6) is -0.0928. The van der Waals surface area contributed by atoms with Crippen molar-refractivity contribution in [1.29, 1.82) is 0 Å². The Bertz CT molecular complexity index is 628. The summed E-state index contributed by atoms with van der Waals surface area (Å²) in [5.41, 5.74) is 0. The van der Waals surface area contributed by atoms with Crippen LogP contribution < -0.4 is 4.72 Å². The second-order valence-corrected chi connectivity index (χ2v) is 10.4. The van der Waals surface area contributed by atoms with Crippen molar-refractivity contribution in [3.8, 4) is 0 Å². The van der Waals surface area contributed by atoms with Gasteiger partial charge in [0.05, 0.1) is 3.79 Å². The predicted molar refractivity (Wildman–Crippen MR) is 88.9 cm³/mol. The lowest BCUT2D eigenvalue weighted by Crippen LogP contribution is -2.33. The molecule has 118 valence electrons. The van der Waals surface area contributed by atoms with Crippen LogP contribution in [0.5, 0.6) is 0 Å². The zero-order chi connectivity index (χ0) is 15.6. The van der Waals surface area contributed by atoms with Gasteiger partial charge in [0.15, 0.2) is 0 Å². The van der Waals surface area contributed by atoms with Gasteiger partial charge in [-0.25, -0.2) is 17.9 Å². The number of carboxylic acids is 1. The molecule has 0 radical (unpaired) electrons. The van der Waals surface area contributed by atoms with Gasteiger partial charge >= 0.3 is 5.97 Å². The van der Waals surface area contributed by atoms with E-state index in [1.54, 1.807) is 0 Å². The van der Waals surface area contributed by atoms with E-state index in [-0.39, 0.29) is 15.8 Å². The highest BCUT2D eigenvalue weighted by Gasteiger charge is 2.30. The number of rotatable bonds is 6. The van der Waals surface area contributed by atoms with Gasteiger partial charge < -0.3 is 5.11 Å². The van der Waals surface area contributed by atoms with Crippen LogP contribution >= 0.6 is 39.0 Å². The molecule has 2 unspecified atom stereocenters. The van der Waals surface area contributed by atoms with Crippen molar-refractivity contribution in [2.75, 3.05) is 5.75 Å². The van der Waals surface area contributed by atoms with E-state index in [2.05, 4.69) is 27.6 Å². The minimum Gasteiger partial charge on any atom is -0.477 e. The third kappa shape index (κ3) is 4.22. The maximum Gasteiger partial charge on any atom is 0.345 e. The van der Waals surface area contributed by atoms with Gasteiger partial charge in [0, 0.05) is 11.3 Å². The van der Waals surface area contributed by atoms with Crippen LogP contribution in [0.15, 0.2) is 14.7 Å². The molecule has 2 atom stereocenters. The van der Waals surface area contributed by atoms with Crippen molar-refractivity contribution in [1.82, 2.24) is 4.72 Å². The highest BCUT2D eigenvalue weighted by molar-refractivity contribution is 9.11. The Kier molecular flexibility index (Phi) is 5.75. The number of thiophene rings is 1. The van der Waals surface area contributed by atoms with Crippen molar-refractivity contribution >= 4 is 55.0 Å². The molecule has 9 heteroatoms. The Hall–Kier alpha value is -0.0900. The van der Waals surface area contributed by atoms with E-state index in [4.69, 9.17) is 5.11 Å². The minimum absolute atomic E-state index is 0.00749. The van der Waals surface area contributed by atoms with E-state index in [9.17, 15) is 13.2 Å². The van der Waals surface area contributed by atoms with E-state index >= 15 is 0 Å². The van der Waals surface area contributed by atoms with Crippen molar-refractivity contribution in [3.63, 3.8) is 0 Å². The summed E-state index contributed by atoms with van der Waals surface area (Å²) in [4.78, 5) is 10.9. The van der Waals surface area contributed by atoms with Gasteiger partial charge in [-0.1, -0.05) is 6.92 Å². The van der Waals surface area contributed by atoms with Crippen LogP contribution in [-0.2, 0) is 10.0 Å². The molecule has 1 saturated carbocycles. The molecule has 5 nitrogen and oxygen atoms in total. The normalized spacial score (nSPS) is 22.6. The fourth-order valence-electron chi connectivity index (χ4n) is 2.36. The molecular weight excluding hydrogens is 398 g/mol. The Balaban J connectivity index is 2.11. The first kappa shape index (κ1) is 17.3. The van der Waals surface area contributed by atoms with E-state index in [0.29, 0.717) is 9.04 Å². The highest BCUT2D eigenvalue weighted by Crippen LogP contribution is 2.34. The van der Waals surface area contributed by atoms with E-state index < -0.39 is 16.0 Å². The molecule has 1 aromatic rings. The SMILES string of the molecule is CCSC1CCC(NS(=O)(=O)c2cc(C(=O)O)sc2Br)C1. The Labute approximate surface area is 140 Å². The smallest absolute Gasteiger partial charge is 0.345 e. The molecule has 0 aromatic carbocycles. The van der Waals surface area contributed by atoms with Crippen molar-refractivity contribution < 1.29 is 18.3 Å². The fourth-order valence-corrected chi connectivity index (χ4v) is 7.19. The standard InChI is InChI=1S/C12H16BrNO4S3/c1-2-19-8-4-3-7(5-8)14-21(17,18)10-6-9(12(15)16)20-11(10)13/h6-8,14H,2-5H2,1H3,(H,15,16). The largest absolute Gasteiger partial charge is 0.477 e. The maximum atomic E-state index is 12.4. The quantitative estimate of drug-likeness (QED) is 0.747. The first-order chi connectivity index (χ1) is 9.83. The second-order valence-electron chi connectivity index (χ2n) is 4.76. The molecule has 2 N–H and O–H groups in total. The highest BCUT2D eigenvalue weighted by atomic mass is 79.9. The lowest BCUT2D eigenvalue weighted by Gasteiger charge is -2.13. The minimum atomic E-state index is -3.68. The summed E-state index contributed by atoms with van der Waals surface area (Å²) in [6.07, 6.45) is 2.66. The third-order valence-electron chi connectivity index (χ3n) is 3.26. The van der Waals surface area contributed by atoms with Gasteiger partial charge in [-0.2, -0.15) is 11.8 Å². The number of hydrogen-bond donors (Lipinski definition) is 2. The van der Waals surface area contributed by atoms with Gasteiger partial charge in [-0.15, -0.1) is 11.3 Å².